The van der Waals surface area contributed by atoms with Crippen molar-refractivity contribution >= 4 is 23.4 Å². The fourth-order valence-electron chi connectivity index (χ4n) is 5.11. The van der Waals surface area contributed by atoms with E-state index in [4.69, 9.17) is 4.42 Å². The quantitative estimate of drug-likeness (QED) is 0.579. The Balaban J connectivity index is 1.31. The van der Waals surface area contributed by atoms with E-state index in [-0.39, 0.29) is 30.8 Å². The average molecular weight is 487 g/mol. The van der Waals surface area contributed by atoms with Crippen LogP contribution >= 0.6 is 0 Å². The summed E-state index contributed by atoms with van der Waals surface area (Å²) >= 11 is 0. The molecule has 0 radical (unpaired) electrons. The Hall–Kier alpha value is -4.07. The minimum Gasteiger partial charge on any atom is -0.467 e. The van der Waals surface area contributed by atoms with Gasteiger partial charge in [0, 0.05) is 24.3 Å². The number of para-hydroxylation sites is 1. The summed E-state index contributed by atoms with van der Waals surface area (Å²) in [6.07, 6.45) is 2.56. The Morgan fingerprint density at radius 3 is 2.36 bits per heavy atom. The van der Waals surface area contributed by atoms with Crippen molar-refractivity contribution in [2.45, 2.75) is 31.8 Å². The third-order valence-corrected chi connectivity index (χ3v) is 7.13. The molecular weight excluding hydrogens is 456 g/mol. The fraction of sp³-hybridized carbons (Fsp3) is 0.321. The first-order chi connectivity index (χ1) is 17.5. The lowest BCUT2D eigenvalue weighted by molar-refractivity contribution is -0.137. The molecule has 5 rings (SSSR count). The summed E-state index contributed by atoms with van der Waals surface area (Å²) in [6, 6.07) is 20.9. The Bertz CT molecular complexity index is 1220. The second-order valence-corrected chi connectivity index (χ2v) is 9.45. The molecule has 2 aliphatic heterocycles. The summed E-state index contributed by atoms with van der Waals surface area (Å²) in [5.74, 6) is 0.332. The average Bonchev–Trinajstić information content (AvgIpc) is 3.52. The summed E-state index contributed by atoms with van der Waals surface area (Å²) in [5, 5.41) is 2.82. The Labute approximate surface area is 210 Å². The van der Waals surface area contributed by atoms with E-state index in [9.17, 15) is 14.4 Å². The van der Waals surface area contributed by atoms with E-state index in [1.54, 1.807) is 23.3 Å². The topological polar surface area (TPSA) is 86.1 Å². The van der Waals surface area contributed by atoms with Crippen LogP contribution in [0.5, 0.6) is 0 Å². The van der Waals surface area contributed by atoms with Gasteiger partial charge in [0.15, 0.2) is 0 Å². The number of carbonyl (C=O) groups excluding carboxylic acids is 3. The van der Waals surface area contributed by atoms with Gasteiger partial charge in [-0.3, -0.25) is 14.4 Å². The van der Waals surface area contributed by atoms with Crippen LogP contribution in [0.15, 0.2) is 77.4 Å². The molecule has 0 bridgehead atoms. The number of nitrogens with one attached hydrogen (secondary N) is 1. The standard InChI is InChI=1S/C28H30N4O4/c1-21-9-11-22(12-10-21)26(34)30-15-13-28(14-16-30)27(35)31(20-32(28)23-6-3-2-4-7-23)19-25(33)29-18-24-8-5-17-36-24/h2-12,17H,13-16,18-20H2,1H3,(H,29,33). The van der Waals surface area contributed by atoms with E-state index < -0.39 is 5.54 Å². The number of nitrogens with zero attached hydrogens (tertiary/aromatic N) is 3. The molecule has 0 saturated carbocycles. The smallest absolute Gasteiger partial charge is 0.253 e. The van der Waals surface area contributed by atoms with Crippen molar-refractivity contribution in [2.24, 2.45) is 0 Å². The zero-order valence-corrected chi connectivity index (χ0v) is 20.4. The van der Waals surface area contributed by atoms with Crippen molar-refractivity contribution in [3.63, 3.8) is 0 Å². The van der Waals surface area contributed by atoms with Crippen LogP contribution in [0.1, 0.15) is 34.5 Å². The van der Waals surface area contributed by atoms with Crippen molar-refractivity contribution in [2.75, 3.05) is 31.2 Å². The van der Waals surface area contributed by atoms with Crippen LogP contribution in [0.3, 0.4) is 0 Å². The van der Waals surface area contributed by atoms with Gasteiger partial charge in [0.25, 0.3) is 11.8 Å². The number of aryl methyl sites for hydroxylation is 1. The van der Waals surface area contributed by atoms with Gasteiger partial charge in [-0.15, -0.1) is 0 Å². The van der Waals surface area contributed by atoms with Crippen molar-refractivity contribution in [1.82, 2.24) is 15.1 Å². The number of likely N-dealkylation sites (tertiary alicyclic amines) is 1. The van der Waals surface area contributed by atoms with Crippen LogP contribution in [0.2, 0.25) is 0 Å². The molecule has 2 aliphatic rings. The van der Waals surface area contributed by atoms with Gasteiger partial charge < -0.3 is 24.4 Å². The van der Waals surface area contributed by atoms with E-state index in [1.807, 2.05) is 66.4 Å². The normalized spacial score (nSPS) is 17.0. The summed E-state index contributed by atoms with van der Waals surface area (Å²) in [4.78, 5) is 45.1. The third kappa shape index (κ3) is 4.58. The first-order valence-corrected chi connectivity index (χ1v) is 12.2. The van der Waals surface area contributed by atoms with Crippen molar-refractivity contribution in [3.8, 4) is 0 Å². The molecule has 2 fully saturated rings. The van der Waals surface area contributed by atoms with Gasteiger partial charge in [-0.1, -0.05) is 35.9 Å². The Morgan fingerprint density at radius 2 is 1.69 bits per heavy atom. The van der Waals surface area contributed by atoms with Crippen molar-refractivity contribution in [3.05, 3.63) is 89.9 Å². The number of furan rings is 1. The lowest BCUT2D eigenvalue weighted by atomic mass is 9.85. The van der Waals surface area contributed by atoms with Crippen LogP contribution in [0.25, 0.3) is 0 Å². The van der Waals surface area contributed by atoms with E-state index >= 15 is 0 Å². The molecule has 2 saturated heterocycles. The number of hydrogen-bond acceptors (Lipinski definition) is 5. The molecule has 186 valence electrons. The second kappa shape index (κ2) is 9.89. The highest BCUT2D eigenvalue weighted by molar-refractivity contribution is 5.97. The zero-order chi connectivity index (χ0) is 25.1. The summed E-state index contributed by atoms with van der Waals surface area (Å²) in [7, 11) is 0. The fourth-order valence-corrected chi connectivity index (χ4v) is 5.11. The molecule has 0 unspecified atom stereocenters. The highest BCUT2D eigenvalue weighted by Gasteiger charge is 2.54. The Kier molecular flexibility index (Phi) is 6.50. The predicted molar refractivity (Wildman–Crippen MR) is 135 cm³/mol. The third-order valence-electron chi connectivity index (χ3n) is 7.13. The largest absolute Gasteiger partial charge is 0.467 e. The molecule has 3 heterocycles. The second-order valence-electron chi connectivity index (χ2n) is 9.45. The zero-order valence-electron chi connectivity index (χ0n) is 20.4. The lowest BCUT2D eigenvalue weighted by Gasteiger charge is -2.43. The highest BCUT2D eigenvalue weighted by Crippen LogP contribution is 2.39. The molecule has 1 N–H and O–H groups in total. The molecule has 2 aromatic carbocycles. The van der Waals surface area contributed by atoms with E-state index in [2.05, 4.69) is 10.2 Å². The molecular formula is C28H30N4O4. The summed E-state index contributed by atoms with van der Waals surface area (Å²) in [6.45, 7) is 3.50. The molecule has 0 aliphatic carbocycles. The summed E-state index contributed by atoms with van der Waals surface area (Å²) < 4.78 is 5.27. The van der Waals surface area contributed by atoms with Gasteiger partial charge in [-0.05, 0) is 56.2 Å². The highest BCUT2D eigenvalue weighted by atomic mass is 16.3. The number of anilines is 1. The number of hydrogen-bond donors (Lipinski definition) is 1. The minimum atomic E-state index is -0.785. The van der Waals surface area contributed by atoms with Crippen molar-refractivity contribution in [1.29, 1.82) is 0 Å². The minimum absolute atomic E-state index is 0.0179. The first-order valence-electron chi connectivity index (χ1n) is 12.2. The van der Waals surface area contributed by atoms with Gasteiger partial charge in [-0.25, -0.2) is 0 Å². The maximum atomic E-state index is 13.8. The molecule has 3 amide bonds. The molecule has 8 nitrogen and oxygen atoms in total. The van der Waals surface area contributed by atoms with Crippen LogP contribution in [0, 0.1) is 6.92 Å². The van der Waals surface area contributed by atoms with Crippen LogP contribution in [-0.2, 0) is 16.1 Å². The number of amides is 3. The van der Waals surface area contributed by atoms with E-state index in [1.165, 1.54) is 0 Å². The molecule has 8 heteroatoms. The lowest BCUT2D eigenvalue weighted by Crippen LogP contribution is -2.57. The van der Waals surface area contributed by atoms with Gasteiger partial charge in [0.1, 0.15) is 17.8 Å². The van der Waals surface area contributed by atoms with Crippen molar-refractivity contribution < 1.29 is 18.8 Å². The van der Waals surface area contributed by atoms with Crippen LogP contribution in [-0.4, -0.2) is 59.4 Å². The van der Waals surface area contributed by atoms with E-state index in [0.717, 1.165) is 11.3 Å². The monoisotopic (exact) mass is 486 g/mol. The van der Waals surface area contributed by atoms with Gasteiger partial charge in [0.05, 0.1) is 19.5 Å². The SMILES string of the molecule is Cc1ccc(C(=O)N2CCC3(CC2)C(=O)N(CC(=O)NCc2ccco2)CN3c2ccccc2)cc1. The predicted octanol–water partition coefficient (Wildman–Crippen LogP) is 3.19. The number of rotatable bonds is 6. The maximum absolute atomic E-state index is 13.8. The molecule has 3 aromatic rings. The van der Waals surface area contributed by atoms with E-state index in [0.29, 0.717) is 43.9 Å². The Morgan fingerprint density at radius 1 is 0.972 bits per heavy atom. The molecule has 0 atom stereocenters. The maximum Gasteiger partial charge on any atom is 0.253 e. The molecule has 36 heavy (non-hydrogen) atoms. The van der Waals surface area contributed by atoms with Gasteiger partial charge >= 0.3 is 0 Å². The van der Waals surface area contributed by atoms with Crippen LogP contribution < -0.4 is 10.2 Å². The molecule has 1 spiro atoms. The van der Waals surface area contributed by atoms with Gasteiger partial charge in [0.2, 0.25) is 5.91 Å². The summed E-state index contributed by atoms with van der Waals surface area (Å²) in [5.41, 5.74) is 1.91. The molecule has 1 aromatic heterocycles. The number of benzene rings is 2. The van der Waals surface area contributed by atoms with Gasteiger partial charge in [-0.2, -0.15) is 0 Å². The van der Waals surface area contributed by atoms with Crippen LogP contribution in [0.4, 0.5) is 5.69 Å². The number of carbonyl (C=O) groups is 3. The first kappa shape index (κ1) is 23.7. The number of piperidine rings is 1.